The lowest BCUT2D eigenvalue weighted by atomic mass is 10.1. The van der Waals surface area contributed by atoms with Crippen molar-refractivity contribution in [3.05, 3.63) is 63.9 Å². The Balaban J connectivity index is 1.76. The van der Waals surface area contributed by atoms with Crippen molar-refractivity contribution in [1.82, 2.24) is 19.2 Å². The minimum atomic E-state index is -0.0362. The number of fused-ring (bicyclic) bond motifs is 3. The van der Waals surface area contributed by atoms with Gasteiger partial charge in [0.05, 0.1) is 17.5 Å². The highest BCUT2D eigenvalue weighted by atomic mass is 32.2. The molecule has 0 unspecified atom stereocenters. The van der Waals surface area contributed by atoms with Crippen LogP contribution in [0.15, 0.2) is 52.4 Å². The summed E-state index contributed by atoms with van der Waals surface area (Å²) in [6.45, 7) is 6.79. The second-order valence-corrected chi connectivity index (χ2v) is 8.84. The van der Waals surface area contributed by atoms with Crippen molar-refractivity contribution in [2.45, 2.75) is 57.5 Å². The Hall–Kier alpha value is -3.13. The van der Waals surface area contributed by atoms with Crippen LogP contribution in [-0.2, 0) is 12.3 Å². The monoisotopic (exact) mass is 464 g/mol. The van der Waals surface area contributed by atoms with E-state index < -0.39 is 0 Å². The molecule has 2 heterocycles. The molecule has 0 atom stereocenters. The van der Waals surface area contributed by atoms with Crippen molar-refractivity contribution in [2.75, 3.05) is 6.61 Å². The van der Waals surface area contributed by atoms with Crippen molar-refractivity contribution in [1.29, 1.82) is 0 Å². The Labute approximate surface area is 196 Å². The standard InChI is InChI=1S/C25H28N4O3S/c1-4-6-9-14-28-23(31)20-10-7-8-11-21(20)29-24(28)26-27-25(29)33-16-19-15-18(17(3)30)12-13-22(19)32-5-2/h7-8,10-13,15H,4-6,9,14,16H2,1-3H3. The molecule has 0 saturated heterocycles. The summed E-state index contributed by atoms with van der Waals surface area (Å²) in [4.78, 5) is 25.1. The van der Waals surface area contributed by atoms with Gasteiger partial charge in [-0.15, -0.1) is 10.2 Å². The maximum absolute atomic E-state index is 13.2. The van der Waals surface area contributed by atoms with Gasteiger partial charge in [0.1, 0.15) is 5.75 Å². The molecule has 0 aliphatic carbocycles. The van der Waals surface area contributed by atoms with Gasteiger partial charge in [0.2, 0.25) is 5.78 Å². The van der Waals surface area contributed by atoms with Gasteiger partial charge in [0.25, 0.3) is 5.56 Å². The number of hydrogen-bond donors (Lipinski definition) is 0. The van der Waals surface area contributed by atoms with Gasteiger partial charge in [-0.2, -0.15) is 0 Å². The molecule has 33 heavy (non-hydrogen) atoms. The van der Waals surface area contributed by atoms with E-state index in [2.05, 4.69) is 17.1 Å². The number of benzene rings is 2. The van der Waals surface area contributed by atoms with E-state index in [0.717, 1.165) is 36.1 Å². The molecule has 0 aliphatic heterocycles. The smallest absolute Gasteiger partial charge is 0.262 e. The van der Waals surface area contributed by atoms with Crippen LogP contribution >= 0.6 is 11.8 Å². The highest BCUT2D eigenvalue weighted by Gasteiger charge is 2.17. The molecular weight excluding hydrogens is 436 g/mol. The maximum atomic E-state index is 13.2. The second-order valence-electron chi connectivity index (χ2n) is 7.90. The van der Waals surface area contributed by atoms with Gasteiger partial charge in [-0.1, -0.05) is 43.7 Å². The summed E-state index contributed by atoms with van der Waals surface area (Å²) in [5.74, 6) is 1.88. The van der Waals surface area contributed by atoms with Crippen LogP contribution in [0.1, 0.15) is 56.0 Å². The fourth-order valence-electron chi connectivity index (χ4n) is 3.90. The summed E-state index contributed by atoms with van der Waals surface area (Å²) >= 11 is 1.51. The maximum Gasteiger partial charge on any atom is 0.262 e. The van der Waals surface area contributed by atoms with Gasteiger partial charge in [-0.25, -0.2) is 0 Å². The van der Waals surface area contributed by atoms with Gasteiger partial charge in [-0.3, -0.25) is 18.6 Å². The Morgan fingerprint density at radius 1 is 1.09 bits per heavy atom. The van der Waals surface area contributed by atoms with E-state index in [1.165, 1.54) is 11.8 Å². The van der Waals surface area contributed by atoms with Crippen molar-refractivity contribution in [3.8, 4) is 5.75 Å². The summed E-state index contributed by atoms with van der Waals surface area (Å²) in [6.07, 6.45) is 3.04. The number of rotatable bonds is 10. The van der Waals surface area contributed by atoms with Crippen molar-refractivity contribution < 1.29 is 9.53 Å². The lowest BCUT2D eigenvalue weighted by Gasteiger charge is -2.12. The summed E-state index contributed by atoms with van der Waals surface area (Å²) < 4.78 is 9.47. The third-order valence-electron chi connectivity index (χ3n) is 5.59. The summed E-state index contributed by atoms with van der Waals surface area (Å²) in [5, 5.41) is 10.2. The van der Waals surface area contributed by atoms with E-state index in [4.69, 9.17) is 4.74 Å². The van der Waals surface area contributed by atoms with Gasteiger partial charge in [0.15, 0.2) is 10.9 Å². The average molecular weight is 465 g/mol. The zero-order valence-corrected chi connectivity index (χ0v) is 20.0. The molecule has 0 bridgehead atoms. The predicted octanol–water partition coefficient (Wildman–Crippen LogP) is 5.13. The first-order valence-corrected chi connectivity index (χ1v) is 12.3. The Bertz CT molecular complexity index is 1360. The number of unbranched alkanes of at least 4 members (excludes halogenated alkanes) is 2. The number of ether oxygens (including phenoxy) is 1. The van der Waals surface area contributed by atoms with Crippen LogP contribution in [0.2, 0.25) is 0 Å². The van der Waals surface area contributed by atoms with Gasteiger partial charge in [0, 0.05) is 23.4 Å². The van der Waals surface area contributed by atoms with E-state index in [1.807, 2.05) is 47.7 Å². The number of nitrogens with zero attached hydrogens (tertiary/aromatic N) is 4. The first kappa shape index (κ1) is 23.0. The lowest BCUT2D eigenvalue weighted by molar-refractivity contribution is 0.101. The molecule has 0 spiro atoms. The van der Waals surface area contributed by atoms with Crippen molar-refractivity contribution in [2.24, 2.45) is 0 Å². The summed E-state index contributed by atoms with van der Waals surface area (Å²) in [5.41, 5.74) is 2.33. The molecule has 8 heteroatoms. The number of carbonyl (C=O) groups is 1. The topological polar surface area (TPSA) is 78.5 Å². The van der Waals surface area contributed by atoms with Crippen LogP contribution in [-0.4, -0.2) is 31.6 Å². The van der Waals surface area contributed by atoms with E-state index in [0.29, 0.717) is 40.8 Å². The van der Waals surface area contributed by atoms with Crippen LogP contribution in [0.3, 0.4) is 0 Å². The van der Waals surface area contributed by atoms with Crippen molar-refractivity contribution >= 4 is 34.2 Å². The zero-order valence-electron chi connectivity index (χ0n) is 19.2. The molecule has 4 rings (SSSR count). The normalized spacial score (nSPS) is 11.4. The number of aryl methyl sites for hydroxylation is 1. The summed E-state index contributed by atoms with van der Waals surface area (Å²) in [7, 11) is 0. The average Bonchev–Trinajstić information content (AvgIpc) is 3.24. The molecule has 2 aromatic heterocycles. The third kappa shape index (κ3) is 4.66. The Morgan fingerprint density at radius 2 is 1.91 bits per heavy atom. The minimum absolute atomic E-state index is 0.0133. The molecule has 0 aliphatic rings. The number of ketones is 1. The second kappa shape index (κ2) is 10.2. The van der Waals surface area contributed by atoms with E-state index >= 15 is 0 Å². The number of hydrogen-bond acceptors (Lipinski definition) is 6. The van der Waals surface area contributed by atoms with Crippen LogP contribution in [0.25, 0.3) is 16.7 Å². The van der Waals surface area contributed by atoms with E-state index in [-0.39, 0.29) is 11.3 Å². The number of aromatic nitrogens is 4. The largest absolute Gasteiger partial charge is 0.494 e. The molecular formula is C25H28N4O3S. The zero-order chi connectivity index (χ0) is 23.4. The molecule has 7 nitrogen and oxygen atoms in total. The quantitative estimate of drug-likeness (QED) is 0.184. The molecule has 0 saturated carbocycles. The fourth-order valence-corrected chi connectivity index (χ4v) is 4.82. The molecule has 0 fully saturated rings. The van der Waals surface area contributed by atoms with E-state index in [1.54, 1.807) is 17.6 Å². The third-order valence-corrected chi connectivity index (χ3v) is 6.56. The molecule has 0 radical (unpaired) electrons. The first-order chi connectivity index (χ1) is 16.0. The molecule has 4 aromatic rings. The Morgan fingerprint density at radius 3 is 2.67 bits per heavy atom. The Kier molecular flexibility index (Phi) is 7.13. The molecule has 172 valence electrons. The molecule has 2 aromatic carbocycles. The predicted molar refractivity (Wildman–Crippen MR) is 131 cm³/mol. The highest BCUT2D eigenvalue weighted by molar-refractivity contribution is 7.98. The molecule has 0 amide bonds. The number of Topliss-reactive ketones (excluding diaryl/α,β-unsaturated/α-hetero) is 1. The van der Waals surface area contributed by atoms with Crippen LogP contribution < -0.4 is 10.3 Å². The van der Waals surface area contributed by atoms with Gasteiger partial charge >= 0.3 is 0 Å². The van der Waals surface area contributed by atoms with Crippen molar-refractivity contribution in [3.63, 3.8) is 0 Å². The number of carbonyl (C=O) groups excluding carboxylic acids is 1. The number of para-hydroxylation sites is 1. The highest BCUT2D eigenvalue weighted by Crippen LogP contribution is 2.30. The van der Waals surface area contributed by atoms with E-state index in [9.17, 15) is 9.59 Å². The summed E-state index contributed by atoms with van der Waals surface area (Å²) in [6, 6.07) is 13.1. The molecule has 0 N–H and O–H groups in total. The van der Waals surface area contributed by atoms with Gasteiger partial charge in [-0.05, 0) is 50.6 Å². The lowest BCUT2D eigenvalue weighted by Crippen LogP contribution is -2.23. The minimum Gasteiger partial charge on any atom is -0.494 e. The SMILES string of the molecule is CCCCCn1c(=O)c2ccccc2n2c(SCc3cc(C(C)=O)ccc3OCC)nnc12. The number of thioether (sulfide) groups is 1. The van der Waals surface area contributed by atoms with Crippen LogP contribution in [0.5, 0.6) is 5.75 Å². The van der Waals surface area contributed by atoms with Crippen LogP contribution in [0.4, 0.5) is 0 Å². The first-order valence-electron chi connectivity index (χ1n) is 11.3. The van der Waals surface area contributed by atoms with Crippen LogP contribution in [0, 0.1) is 0 Å². The fraction of sp³-hybridized carbons (Fsp3) is 0.360. The van der Waals surface area contributed by atoms with Gasteiger partial charge < -0.3 is 4.74 Å².